The maximum absolute atomic E-state index is 11.6. The van der Waals surface area contributed by atoms with Crippen molar-refractivity contribution in [1.29, 1.82) is 0 Å². The van der Waals surface area contributed by atoms with Crippen LogP contribution in [0.2, 0.25) is 0 Å². The van der Waals surface area contributed by atoms with E-state index in [9.17, 15) is 4.79 Å². The third-order valence-corrected chi connectivity index (χ3v) is 2.00. The second-order valence-corrected chi connectivity index (χ2v) is 4.25. The molecule has 15 heavy (non-hydrogen) atoms. The van der Waals surface area contributed by atoms with Gasteiger partial charge in [-0.15, -0.1) is 5.10 Å². The van der Waals surface area contributed by atoms with Crippen molar-refractivity contribution >= 4 is 5.91 Å². The maximum atomic E-state index is 11.6. The Morgan fingerprint density at radius 3 is 2.60 bits per heavy atom. The predicted molar refractivity (Wildman–Crippen MR) is 57.5 cm³/mol. The molecule has 0 bridgehead atoms. The average Bonchev–Trinajstić information content (AvgIpc) is 2.49. The molecule has 1 heterocycles. The number of H-pyrrole nitrogens is 1. The molecule has 0 aliphatic rings. The van der Waals surface area contributed by atoms with E-state index >= 15 is 0 Å². The van der Waals surface area contributed by atoms with Crippen LogP contribution < -0.4 is 5.32 Å². The number of aromatic amines is 1. The van der Waals surface area contributed by atoms with Crippen LogP contribution in [0, 0.1) is 12.8 Å². The summed E-state index contributed by atoms with van der Waals surface area (Å²) in [6, 6.07) is 0.149. The first-order valence-corrected chi connectivity index (χ1v) is 5.19. The molecule has 2 N–H and O–H groups in total. The largest absolute Gasteiger partial charge is 0.347 e. The number of nitrogens with one attached hydrogen (secondary N) is 2. The first kappa shape index (κ1) is 11.7. The molecule has 0 spiro atoms. The summed E-state index contributed by atoms with van der Waals surface area (Å²) in [5.41, 5.74) is 0. The molecule has 1 aromatic heterocycles. The number of amides is 1. The second kappa shape index (κ2) is 4.91. The van der Waals surface area contributed by atoms with Crippen molar-refractivity contribution in [1.82, 2.24) is 20.5 Å². The van der Waals surface area contributed by atoms with Crippen molar-refractivity contribution in [2.24, 2.45) is 5.92 Å². The van der Waals surface area contributed by atoms with E-state index in [-0.39, 0.29) is 17.8 Å². The molecule has 0 aliphatic heterocycles. The van der Waals surface area contributed by atoms with Crippen molar-refractivity contribution in [2.75, 3.05) is 0 Å². The van der Waals surface area contributed by atoms with Crippen LogP contribution >= 0.6 is 0 Å². The fourth-order valence-electron chi connectivity index (χ4n) is 1.50. The number of aryl methyl sites for hydroxylation is 1. The van der Waals surface area contributed by atoms with E-state index in [1.165, 1.54) is 0 Å². The summed E-state index contributed by atoms with van der Waals surface area (Å²) in [5, 5.41) is 9.30. The monoisotopic (exact) mass is 210 g/mol. The van der Waals surface area contributed by atoms with Gasteiger partial charge in [0.2, 0.25) is 5.82 Å². The van der Waals surface area contributed by atoms with E-state index in [1.807, 2.05) is 6.92 Å². The van der Waals surface area contributed by atoms with Gasteiger partial charge in [0, 0.05) is 6.04 Å². The van der Waals surface area contributed by atoms with Crippen molar-refractivity contribution < 1.29 is 4.79 Å². The van der Waals surface area contributed by atoms with Gasteiger partial charge in [-0.2, -0.15) is 0 Å². The summed E-state index contributed by atoms with van der Waals surface area (Å²) < 4.78 is 0. The Kier molecular flexibility index (Phi) is 3.82. The molecule has 5 nitrogen and oxygen atoms in total. The predicted octanol–water partition coefficient (Wildman–Crippen LogP) is 1.28. The lowest BCUT2D eigenvalue weighted by Crippen LogP contribution is -2.34. The molecule has 0 aromatic carbocycles. The van der Waals surface area contributed by atoms with Gasteiger partial charge in [-0.05, 0) is 26.2 Å². The van der Waals surface area contributed by atoms with Gasteiger partial charge in [0.15, 0.2) is 0 Å². The van der Waals surface area contributed by atoms with Gasteiger partial charge < -0.3 is 5.32 Å². The van der Waals surface area contributed by atoms with E-state index in [1.54, 1.807) is 6.92 Å². The van der Waals surface area contributed by atoms with Crippen LogP contribution in [0.4, 0.5) is 0 Å². The highest BCUT2D eigenvalue weighted by atomic mass is 16.2. The summed E-state index contributed by atoms with van der Waals surface area (Å²) in [6.07, 6.45) is 0.954. The molecule has 0 saturated heterocycles. The zero-order chi connectivity index (χ0) is 11.4. The minimum absolute atomic E-state index is 0.149. The number of nitrogens with zero attached hydrogens (tertiary/aromatic N) is 2. The normalized spacial score (nSPS) is 12.9. The summed E-state index contributed by atoms with van der Waals surface area (Å²) in [6.45, 7) is 8.00. The zero-order valence-electron chi connectivity index (χ0n) is 9.66. The minimum Gasteiger partial charge on any atom is -0.347 e. The standard InChI is InChI=1S/C10H18N4O/c1-6(2)5-7(3)11-10(15)9-12-8(4)13-14-9/h6-7H,5H2,1-4H3,(H,11,15)(H,12,13,14). The van der Waals surface area contributed by atoms with E-state index in [0.717, 1.165) is 6.42 Å². The van der Waals surface area contributed by atoms with Crippen LogP contribution in [0.3, 0.4) is 0 Å². The summed E-state index contributed by atoms with van der Waals surface area (Å²) in [4.78, 5) is 15.6. The van der Waals surface area contributed by atoms with Gasteiger partial charge in [0.1, 0.15) is 5.82 Å². The molecule has 1 unspecified atom stereocenters. The zero-order valence-corrected chi connectivity index (χ0v) is 9.66. The van der Waals surface area contributed by atoms with E-state index in [0.29, 0.717) is 11.7 Å². The van der Waals surface area contributed by atoms with Crippen molar-refractivity contribution in [3.63, 3.8) is 0 Å². The number of aromatic nitrogens is 3. The lowest BCUT2D eigenvalue weighted by atomic mass is 10.1. The molecule has 0 saturated carbocycles. The van der Waals surface area contributed by atoms with Crippen LogP contribution in [0.5, 0.6) is 0 Å². The lowest BCUT2D eigenvalue weighted by Gasteiger charge is -2.14. The Labute approximate surface area is 89.7 Å². The highest BCUT2D eigenvalue weighted by molar-refractivity contribution is 5.90. The molecule has 1 aromatic rings. The molecule has 1 amide bonds. The first-order valence-electron chi connectivity index (χ1n) is 5.19. The van der Waals surface area contributed by atoms with Gasteiger partial charge in [0.05, 0.1) is 0 Å². The Balaban J connectivity index is 2.49. The molecule has 1 rings (SSSR count). The number of carbonyl (C=O) groups excluding carboxylic acids is 1. The SMILES string of the molecule is Cc1nc(C(=O)NC(C)CC(C)C)n[nH]1. The van der Waals surface area contributed by atoms with Gasteiger partial charge in [-0.1, -0.05) is 13.8 Å². The highest BCUT2D eigenvalue weighted by Crippen LogP contribution is 2.04. The van der Waals surface area contributed by atoms with Crippen LogP contribution in [0.25, 0.3) is 0 Å². The quantitative estimate of drug-likeness (QED) is 0.786. The van der Waals surface area contributed by atoms with Crippen molar-refractivity contribution in [2.45, 2.75) is 40.2 Å². The molecule has 0 aliphatic carbocycles. The van der Waals surface area contributed by atoms with E-state index in [2.05, 4.69) is 34.3 Å². The molecule has 84 valence electrons. The molecular weight excluding hydrogens is 192 g/mol. The fourth-order valence-corrected chi connectivity index (χ4v) is 1.50. The van der Waals surface area contributed by atoms with Gasteiger partial charge in [-0.25, -0.2) is 4.98 Å². The molecule has 5 heteroatoms. The highest BCUT2D eigenvalue weighted by Gasteiger charge is 2.14. The van der Waals surface area contributed by atoms with E-state index in [4.69, 9.17) is 0 Å². The molecule has 0 radical (unpaired) electrons. The fraction of sp³-hybridized carbons (Fsp3) is 0.700. The molecule has 0 fully saturated rings. The summed E-state index contributed by atoms with van der Waals surface area (Å²) in [5.74, 6) is 1.21. The van der Waals surface area contributed by atoms with Crippen molar-refractivity contribution in [3.05, 3.63) is 11.6 Å². The number of hydrogen-bond donors (Lipinski definition) is 2. The van der Waals surface area contributed by atoms with E-state index < -0.39 is 0 Å². The molecule has 1 atom stereocenters. The second-order valence-electron chi connectivity index (χ2n) is 4.25. The van der Waals surface area contributed by atoms with Crippen LogP contribution in [0.15, 0.2) is 0 Å². The van der Waals surface area contributed by atoms with Gasteiger partial charge in [-0.3, -0.25) is 9.89 Å². The Bertz CT molecular complexity index is 332. The smallest absolute Gasteiger partial charge is 0.291 e. The third-order valence-electron chi connectivity index (χ3n) is 2.00. The molecular formula is C10H18N4O. The average molecular weight is 210 g/mol. The van der Waals surface area contributed by atoms with Crippen LogP contribution in [-0.4, -0.2) is 27.1 Å². The first-order chi connectivity index (χ1) is 6.99. The minimum atomic E-state index is -0.215. The summed E-state index contributed by atoms with van der Waals surface area (Å²) in [7, 11) is 0. The number of rotatable bonds is 4. The summed E-state index contributed by atoms with van der Waals surface area (Å²) >= 11 is 0. The van der Waals surface area contributed by atoms with Crippen molar-refractivity contribution in [3.8, 4) is 0 Å². The van der Waals surface area contributed by atoms with Gasteiger partial charge in [0.25, 0.3) is 5.91 Å². The Hall–Kier alpha value is -1.39. The number of hydrogen-bond acceptors (Lipinski definition) is 3. The van der Waals surface area contributed by atoms with Gasteiger partial charge >= 0.3 is 0 Å². The topological polar surface area (TPSA) is 70.7 Å². The number of carbonyl (C=O) groups is 1. The van der Waals surface area contributed by atoms with Crippen LogP contribution in [-0.2, 0) is 0 Å². The maximum Gasteiger partial charge on any atom is 0.291 e. The lowest BCUT2D eigenvalue weighted by molar-refractivity contribution is 0.0926. The third kappa shape index (κ3) is 3.69. The Morgan fingerprint density at radius 2 is 2.13 bits per heavy atom. The van der Waals surface area contributed by atoms with Crippen LogP contribution in [0.1, 0.15) is 43.6 Å². The Morgan fingerprint density at radius 1 is 1.47 bits per heavy atom.